The number of primary sulfonamides is 1. The standard InChI is InChI=1S/C18H22N4O3S.C13H13NO.C5H9N3O2S/c1-22-10-12(9-19-22)11-26(24,25)21-18(23)20-17-15-6-2-4-13(15)8-14-5-3-7-16(14)17;15-8-14-13-11-5-1-3-9(11)7-10-4-2-6-12(10)13;1-8-3-5(2-7-8)4-11(6,9)10/h8-10H,2-7,11H2,1H3,(H2,20,21,23);7H,1-6H2;2-3H,4H2,1H3,(H2,6,9,10). The number of benzene rings is 2. The van der Waals surface area contributed by atoms with Crippen LogP contribution in [0, 0.1) is 0 Å². The van der Waals surface area contributed by atoms with E-state index in [-0.39, 0.29) is 11.5 Å². The van der Waals surface area contributed by atoms with Crippen molar-refractivity contribution in [2.45, 2.75) is 88.6 Å². The van der Waals surface area contributed by atoms with Crippen molar-refractivity contribution in [2.24, 2.45) is 24.2 Å². The Morgan fingerprint density at radius 2 is 1.19 bits per heavy atom. The number of fused-ring (bicyclic) bond motifs is 4. The number of rotatable bonds is 7. The average Bonchev–Trinajstić information content (AvgIpc) is 3.90. The summed E-state index contributed by atoms with van der Waals surface area (Å²) >= 11 is 0. The maximum Gasteiger partial charge on any atom is 0.332 e. The van der Waals surface area contributed by atoms with Crippen LogP contribution in [0.2, 0.25) is 0 Å². The van der Waals surface area contributed by atoms with Gasteiger partial charge in [-0.1, -0.05) is 12.1 Å². The van der Waals surface area contributed by atoms with Gasteiger partial charge in [-0.25, -0.2) is 36.3 Å². The Balaban J connectivity index is 0.000000150. The molecule has 4 N–H and O–H groups in total. The van der Waals surface area contributed by atoms with Crippen molar-refractivity contribution >= 4 is 43.5 Å². The number of amides is 2. The van der Waals surface area contributed by atoms with Gasteiger partial charge in [-0.15, -0.1) is 0 Å². The number of aromatic nitrogens is 4. The zero-order valence-corrected chi connectivity index (χ0v) is 31.1. The molecule has 14 nitrogen and oxygen atoms in total. The van der Waals surface area contributed by atoms with Gasteiger partial charge in [0.05, 0.1) is 29.6 Å². The number of nitrogens with zero attached hydrogens (tertiary/aromatic N) is 5. The number of isocyanates is 1. The van der Waals surface area contributed by atoms with Gasteiger partial charge in [-0.2, -0.15) is 15.2 Å². The third-order valence-corrected chi connectivity index (χ3v) is 11.7. The molecule has 16 heteroatoms. The van der Waals surface area contributed by atoms with Crippen molar-refractivity contribution in [2.75, 3.05) is 5.32 Å². The Morgan fingerprint density at radius 1 is 0.750 bits per heavy atom. The molecule has 0 saturated heterocycles. The first-order valence-corrected chi connectivity index (χ1v) is 20.8. The van der Waals surface area contributed by atoms with Gasteiger partial charge in [0.1, 0.15) is 0 Å². The molecule has 0 bridgehead atoms. The molecule has 4 aliphatic rings. The minimum atomic E-state index is -3.78. The van der Waals surface area contributed by atoms with Gasteiger partial charge in [0.15, 0.2) is 0 Å². The summed E-state index contributed by atoms with van der Waals surface area (Å²) in [7, 11) is -3.77. The van der Waals surface area contributed by atoms with E-state index in [4.69, 9.17) is 5.14 Å². The Bertz CT molecular complexity index is 2210. The van der Waals surface area contributed by atoms with Crippen molar-refractivity contribution in [3.8, 4) is 0 Å². The number of aryl methyl sites for hydroxylation is 6. The molecular formula is C36H44N8O6S2. The van der Waals surface area contributed by atoms with Crippen molar-refractivity contribution in [3.63, 3.8) is 0 Å². The highest BCUT2D eigenvalue weighted by molar-refractivity contribution is 7.89. The van der Waals surface area contributed by atoms with E-state index in [0.717, 1.165) is 75.6 Å². The number of urea groups is 1. The van der Waals surface area contributed by atoms with E-state index < -0.39 is 26.1 Å². The predicted octanol–water partition coefficient (Wildman–Crippen LogP) is 3.89. The van der Waals surface area contributed by atoms with Crippen molar-refractivity contribution in [3.05, 3.63) is 92.6 Å². The van der Waals surface area contributed by atoms with Crippen LogP contribution in [0.3, 0.4) is 0 Å². The summed E-state index contributed by atoms with van der Waals surface area (Å²) in [5, 5.41) is 15.4. The number of nitrogens with one attached hydrogen (secondary N) is 2. The summed E-state index contributed by atoms with van der Waals surface area (Å²) in [5.74, 6) is -0.430. The first-order valence-electron chi connectivity index (χ1n) is 17.5. The molecule has 0 radical (unpaired) electrons. The molecule has 8 rings (SSSR count). The second kappa shape index (κ2) is 15.5. The molecule has 52 heavy (non-hydrogen) atoms. The molecule has 4 aromatic rings. The van der Waals surface area contributed by atoms with Crippen LogP contribution in [0.4, 0.5) is 16.2 Å². The lowest BCUT2D eigenvalue weighted by Gasteiger charge is -2.16. The largest absolute Gasteiger partial charge is 0.332 e. The van der Waals surface area contributed by atoms with E-state index >= 15 is 0 Å². The molecule has 2 aromatic heterocycles. The second-order valence-corrected chi connectivity index (χ2v) is 17.1. The van der Waals surface area contributed by atoms with Gasteiger partial charge < -0.3 is 5.32 Å². The molecule has 2 heterocycles. The Labute approximate surface area is 304 Å². The molecule has 0 aliphatic heterocycles. The molecule has 2 amide bonds. The smallest absolute Gasteiger partial charge is 0.307 e. The summed E-state index contributed by atoms with van der Waals surface area (Å²) in [6.07, 6.45) is 20.9. The lowest BCUT2D eigenvalue weighted by Crippen LogP contribution is -2.35. The number of anilines is 1. The zero-order chi connectivity index (χ0) is 37.0. The molecule has 276 valence electrons. The second-order valence-electron chi connectivity index (χ2n) is 13.8. The molecule has 0 atom stereocenters. The van der Waals surface area contributed by atoms with Crippen LogP contribution < -0.4 is 15.2 Å². The van der Waals surface area contributed by atoms with Gasteiger partial charge in [-0.05, 0) is 122 Å². The number of carbonyl (C=O) groups excluding carboxylic acids is 2. The summed E-state index contributed by atoms with van der Waals surface area (Å²) < 4.78 is 50.8. The number of hydrogen-bond acceptors (Lipinski definition) is 9. The topological polar surface area (TPSA) is 200 Å². The zero-order valence-electron chi connectivity index (χ0n) is 29.4. The fourth-order valence-electron chi connectivity index (χ4n) is 7.79. The molecule has 0 unspecified atom stereocenters. The first kappa shape index (κ1) is 37.1. The highest BCUT2D eigenvalue weighted by atomic mass is 32.2. The monoisotopic (exact) mass is 748 g/mol. The predicted molar refractivity (Wildman–Crippen MR) is 197 cm³/mol. The Morgan fingerprint density at radius 3 is 1.62 bits per heavy atom. The third kappa shape index (κ3) is 9.05. The minimum absolute atomic E-state index is 0.152. The van der Waals surface area contributed by atoms with Gasteiger partial charge in [-0.3, -0.25) is 9.36 Å². The average molecular weight is 749 g/mol. The SMILES string of the molecule is Cn1cc(CS(=O)(=O)NC(=O)Nc2c3c(cc4c2CCC4)CCC3)cn1.Cn1cc(CS(N)(=O)=O)cn1.O=C=Nc1c2c(cc3c1CCC3)CCC2. The van der Waals surface area contributed by atoms with Crippen LogP contribution >= 0.6 is 0 Å². The maximum absolute atomic E-state index is 12.4. The summed E-state index contributed by atoms with van der Waals surface area (Å²) in [5.41, 5.74) is 13.3. The summed E-state index contributed by atoms with van der Waals surface area (Å²) in [4.78, 5) is 26.8. The van der Waals surface area contributed by atoms with Crippen LogP contribution in [-0.4, -0.2) is 48.5 Å². The quantitative estimate of drug-likeness (QED) is 0.187. The van der Waals surface area contributed by atoms with E-state index in [2.05, 4.69) is 37.4 Å². The van der Waals surface area contributed by atoms with E-state index in [1.807, 2.05) is 0 Å². The molecule has 4 aliphatic carbocycles. The van der Waals surface area contributed by atoms with Crippen molar-refractivity contribution < 1.29 is 26.4 Å². The van der Waals surface area contributed by atoms with Crippen LogP contribution in [0.25, 0.3) is 0 Å². The molecular weight excluding hydrogens is 705 g/mol. The van der Waals surface area contributed by atoms with E-state index in [0.29, 0.717) is 11.1 Å². The third-order valence-electron chi connectivity index (χ3n) is 9.80. The number of hydrogen-bond donors (Lipinski definition) is 3. The van der Waals surface area contributed by atoms with E-state index in [9.17, 15) is 26.4 Å². The normalized spacial score (nSPS) is 15.2. The summed E-state index contributed by atoms with van der Waals surface area (Å²) in [6, 6.07) is 3.92. The Hall–Kier alpha value is -4.63. The van der Waals surface area contributed by atoms with Crippen LogP contribution in [0.5, 0.6) is 0 Å². The van der Waals surface area contributed by atoms with Crippen LogP contribution in [0.15, 0.2) is 41.9 Å². The molecule has 0 saturated carbocycles. The maximum atomic E-state index is 12.4. The van der Waals surface area contributed by atoms with Gasteiger partial charge in [0.25, 0.3) is 0 Å². The molecule has 0 fully saturated rings. The summed E-state index contributed by atoms with van der Waals surface area (Å²) in [6.45, 7) is 0. The van der Waals surface area contributed by atoms with Crippen molar-refractivity contribution in [1.29, 1.82) is 0 Å². The minimum Gasteiger partial charge on any atom is -0.307 e. The van der Waals surface area contributed by atoms with Crippen molar-refractivity contribution in [1.82, 2.24) is 24.3 Å². The van der Waals surface area contributed by atoms with Crippen LogP contribution in [-0.2, 0) is 102 Å². The van der Waals surface area contributed by atoms with Gasteiger partial charge >= 0.3 is 6.03 Å². The highest BCUT2D eigenvalue weighted by Gasteiger charge is 2.27. The van der Waals surface area contributed by atoms with Gasteiger partial charge in [0.2, 0.25) is 26.1 Å². The first-order chi connectivity index (χ1) is 24.8. The van der Waals surface area contributed by atoms with E-state index in [1.165, 1.54) is 79.1 Å². The lowest BCUT2D eigenvalue weighted by molar-refractivity contribution is 0.256. The van der Waals surface area contributed by atoms with E-state index in [1.54, 1.807) is 32.6 Å². The van der Waals surface area contributed by atoms with Crippen LogP contribution in [0.1, 0.15) is 81.3 Å². The lowest BCUT2D eigenvalue weighted by atomic mass is 9.99. The number of aliphatic imine (C=N–C) groups is 1. The highest BCUT2D eigenvalue weighted by Crippen LogP contribution is 2.40. The Kier molecular flexibility index (Phi) is 11.1. The molecule has 2 aromatic carbocycles. The fraction of sp³-hybridized carbons (Fsp3) is 0.444. The number of carbonyl (C=O) groups is 1. The molecule has 0 spiro atoms. The number of nitrogens with two attached hydrogens (primary N) is 1. The van der Waals surface area contributed by atoms with Gasteiger partial charge in [0, 0.05) is 43.3 Å². The fourth-order valence-corrected chi connectivity index (χ4v) is 9.40. The number of sulfonamides is 2.